The quantitative estimate of drug-likeness (QED) is 0.861. The first-order valence-corrected chi connectivity index (χ1v) is 6.83. The summed E-state index contributed by atoms with van der Waals surface area (Å²) in [4.78, 5) is 17.0. The zero-order chi connectivity index (χ0) is 15.1. The molecule has 0 bridgehead atoms. The Hall–Kier alpha value is -2.18. The molecule has 1 amide bonds. The van der Waals surface area contributed by atoms with Gasteiger partial charge in [0.25, 0.3) is 5.91 Å². The molecule has 1 fully saturated rings. The maximum absolute atomic E-state index is 14.2. The molecule has 0 saturated carbocycles. The van der Waals surface area contributed by atoms with Crippen LogP contribution < -0.4 is 10.6 Å². The van der Waals surface area contributed by atoms with Crippen LogP contribution in [0.25, 0.3) is 5.52 Å². The van der Waals surface area contributed by atoms with Crippen molar-refractivity contribution >= 4 is 17.2 Å². The van der Waals surface area contributed by atoms with Crippen LogP contribution in [-0.4, -0.2) is 34.3 Å². The molecule has 1 aliphatic rings. The summed E-state index contributed by atoms with van der Waals surface area (Å²) in [6.07, 6.45) is -2.50. The fraction of sp³-hybridized carbons (Fsp3) is 0.429. The van der Waals surface area contributed by atoms with E-state index in [1.807, 2.05) is 0 Å². The van der Waals surface area contributed by atoms with Gasteiger partial charge in [0.1, 0.15) is 12.0 Å². The van der Waals surface area contributed by atoms with E-state index in [0.29, 0.717) is 30.0 Å². The van der Waals surface area contributed by atoms with Crippen LogP contribution in [-0.2, 0) is 0 Å². The van der Waals surface area contributed by atoms with Gasteiger partial charge in [0.2, 0.25) is 12.1 Å². The Morgan fingerprint density at radius 1 is 1.43 bits per heavy atom. The van der Waals surface area contributed by atoms with E-state index in [2.05, 4.69) is 4.98 Å². The number of rotatable bonds is 2. The van der Waals surface area contributed by atoms with E-state index in [0.717, 1.165) is 0 Å². The molecule has 2 aromatic heterocycles. The van der Waals surface area contributed by atoms with Crippen molar-refractivity contribution in [2.75, 3.05) is 11.4 Å². The van der Waals surface area contributed by atoms with Gasteiger partial charge in [0.05, 0.1) is 11.2 Å². The van der Waals surface area contributed by atoms with Gasteiger partial charge in [-0.2, -0.15) is 0 Å². The molecular formula is C14H16F2N4O. The molecule has 3 heterocycles. The van der Waals surface area contributed by atoms with Gasteiger partial charge < -0.3 is 10.6 Å². The Morgan fingerprint density at radius 2 is 2.19 bits per heavy atom. The number of carbonyl (C=O) groups is 1. The highest BCUT2D eigenvalue weighted by Crippen LogP contribution is 2.29. The average molecular weight is 294 g/mol. The summed E-state index contributed by atoms with van der Waals surface area (Å²) in [5.41, 5.74) is 6.63. The Morgan fingerprint density at radius 3 is 2.90 bits per heavy atom. The summed E-state index contributed by atoms with van der Waals surface area (Å²) >= 11 is 0. The number of aryl methyl sites for hydroxylation is 1. The number of hydrogen-bond donors (Lipinski definition) is 1. The van der Waals surface area contributed by atoms with Crippen LogP contribution in [0.5, 0.6) is 0 Å². The lowest BCUT2D eigenvalue weighted by Gasteiger charge is -2.34. The molecule has 5 nitrogen and oxygen atoms in total. The molecule has 2 N–H and O–H groups in total. The number of nitrogens with two attached hydrogens (primary N) is 1. The lowest BCUT2D eigenvalue weighted by molar-refractivity contribution is 0.0989. The summed E-state index contributed by atoms with van der Waals surface area (Å²) in [7, 11) is 0. The van der Waals surface area contributed by atoms with Crippen molar-refractivity contribution in [2.24, 2.45) is 5.73 Å². The summed E-state index contributed by atoms with van der Waals surface area (Å²) < 4.78 is 29.3. The van der Waals surface area contributed by atoms with Gasteiger partial charge in [0, 0.05) is 6.54 Å². The largest absolute Gasteiger partial charge is 0.363 e. The number of fused-ring (bicyclic) bond motifs is 1. The number of hydrogen-bond acceptors (Lipinski definition) is 3. The van der Waals surface area contributed by atoms with E-state index < -0.39 is 18.4 Å². The minimum atomic E-state index is -1.73. The standard InChI is InChI=1S/C14H16F2N4O/c1-8-10-5-2-6-11(20(10)14(18-8)13(17)21)19-7-3-4-9(15)12(19)16/h2,5-6,9,12H,3-4,7H2,1H3,(H2,17,21). The SMILES string of the molecule is Cc1nc(C(N)=O)n2c(N3CCCC(F)C3F)cccc12. The first kappa shape index (κ1) is 13.8. The predicted octanol–water partition coefficient (Wildman–Crippen LogP) is 1.98. The molecule has 0 aromatic carbocycles. The lowest BCUT2D eigenvalue weighted by atomic mass is 10.1. The third-order valence-corrected chi connectivity index (χ3v) is 3.82. The minimum absolute atomic E-state index is 0.0336. The fourth-order valence-corrected chi connectivity index (χ4v) is 2.81. The molecule has 3 rings (SSSR count). The Kier molecular flexibility index (Phi) is 3.27. The van der Waals surface area contributed by atoms with E-state index in [9.17, 15) is 13.6 Å². The highest BCUT2D eigenvalue weighted by atomic mass is 19.2. The zero-order valence-electron chi connectivity index (χ0n) is 11.6. The van der Waals surface area contributed by atoms with Crippen LogP contribution in [0.4, 0.5) is 14.6 Å². The van der Waals surface area contributed by atoms with Gasteiger partial charge in [-0.1, -0.05) is 6.07 Å². The number of anilines is 1. The molecule has 0 spiro atoms. The van der Waals surface area contributed by atoms with Gasteiger partial charge in [-0.3, -0.25) is 9.20 Å². The number of carbonyl (C=O) groups excluding carboxylic acids is 1. The lowest BCUT2D eigenvalue weighted by Crippen LogP contribution is -2.44. The van der Waals surface area contributed by atoms with Crippen molar-refractivity contribution in [3.63, 3.8) is 0 Å². The summed E-state index contributed by atoms with van der Waals surface area (Å²) in [5, 5.41) is 0. The summed E-state index contributed by atoms with van der Waals surface area (Å²) in [6.45, 7) is 2.13. The second-order valence-corrected chi connectivity index (χ2v) is 5.21. The molecular weight excluding hydrogens is 278 g/mol. The smallest absolute Gasteiger partial charge is 0.285 e. The summed E-state index contributed by atoms with van der Waals surface area (Å²) in [5.74, 6) is -0.266. The average Bonchev–Trinajstić information content (AvgIpc) is 2.80. The van der Waals surface area contributed by atoms with Crippen molar-refractivity contribution < 1.29 is 13.6 Å². The maximum atomic E-state index is 14.2. The zero-order valence-corrected chi connectivity index (χ0v) is 11.6. The minimum Gasteiger partial charge on any atom is -0.363 e. The van der Waals surface area contributed by atoms with Crippen LogP contribution in [0.15, 0.2) is 18.2 Å². The van der Waals surface area contributed by atoms with Crippen molar-refractivity contribution in [3.05, 3.63) is 29.7 Å². The number of imidazole rings is 1. The molecule has 0 aliphatic carbocycles. The summed E-state index contributed by atoms with van der Waals surface area (Å²) in [6, 6.07) is 5.15. The van der Waals surface area contributed by atoms with Crippen molar-refractivity contribution in [1.29, 1.82) is 0 Å². The monoisotopic (exact) mass is 294 g/mol. The topological polar surface area (TPSA) is 63.6 Å². The second-order valence-electron chi connectivity index (χ2n) is 5.21. The molecule has 2 aromatic rings. The number of halogens is 2. The molecule has 7 heteroatoms. The molecule has 2 atom stereocenters. The van der Waals surface area contributed by atoms with Crippen molar-refractivity contribution in [2.45, 2.75) is 32.2 Å². The predicted molar refractivity (Wildman–Crippen MR) is 74.8 cm³/mol. The number of alkyl halides is 2. The van der Waals surface area contributed by atoms with Crippen LogP contribution >= 0.6 is 0 Å². The first-order chi connectivity index (χ1) is 10.0. The van der Waals surface area contributed by atoms with Gasteiger partial charge in [0.15, 0.2) is 0 Å². The van der Waals surface area contributed by atoms with Gasteiger partial charge >= 0.3 is 0 Å². The molecule has 21 heavy (non-hydrogen) atoms. The van der Waals surface area contributed by atoms with E-state index in [1.54, 1.807) is 25.1 Å². The van der Waals surface area contributed by atoms with E-state index in [1.165, 1.54) is 9.30 Å². The van der Waals surface area contributed by atoms with E-state index in [4.69, 9.17) is 5.73 Å². The number of nitrogens with zero attached hydrogens (tertiary/aromatic N) is 3. The van der Waals surface area contributed by atoms with Crippen molar-refractivity contribution in [3.8, 4) is 0 Å². The number of piperidine rings is 1. The van der Waals surface area contributed by atoms with Gasteiger partial charge in [-0.25, -0.2) is 13.8 Å². The first-order valence-electron chi connectivity index (χ1n) is 6.83. The van der Waals surface area contributed by atoms with Gasteiger partial charge in [-0.15, -0.1) is 0 Å². The molecule has 1 saturated heterocycles. The molecule has 112 valence electrons. The normalized spacial score (nSPS) is 22.7. The van der Waals surface area contributed by atoms with Gasteiger partial charge in [-0.05, 0) is 31.9 Å². The molecule has 2 unspecified atom stereocenters. The Labute approximate surface area is 120 Å². The van der Waals surface area contributed by atoms with Crippen LogP contribution in [0.2, 0.25) is 0 Å². The third kappa shape index (κ3) is 2.12. The Bertz CT molecular complexity index is 700. The fourth-order valence-electron chi connectivity index (χ4n) is 2.81. The number of amides is 1. The number of pyridine rings is 1. The molecule has 1 aliphatic heterocycles. The maximum Gasteiger partial charge on any atom is 0.285 e. The third-order valence-electron chi connectivity index (χ3n) is 3.82. The van der Waals surface area contributed by atoms with Crippen LogP contribution in [0.3, 0.4) is 0 Å². The number of primary amides is 1. The van der Waals surface area contributed by atoms with E-state index in [-0.39, 0.29) is 12.2 Å². The highest BCUT2D eigenvalue weighted by Gasteiger charge is 2.33. The van der Waals surface area contributed by atoms with Crippen LogP contribution in [0, 0.1) is 6.92 Å². The molecule has 0 radical (unpaired) electrons. The highest BCUT2D eigenvalue weighted by molar-refractivity contribution is 5.91. The van der Waals surface area contributed by atoms with E-state index >= 15 is 0 Å². The second kappa shape index (κ2) is 4.98. The van der Waals surface area contributed by atoms with Crippen molar-refractivity contribution in [1.82, 2.24) is 9.38 Å². The van der Waals surface area contributed by atoms with Crippen LogP contribution in [0.1, 0.15) is 29.2 Å². The number of aromatic nitrogens is 2. The Balaban J connectivity index is 2.20.